The number of anilines is 1. The minimum Gasteiger partial charge on any atom is -0.487 e. The summed E-state index contributed by atoms with van der Waals surface area (Å²) >= 11 is 1.47. The van der Waals surface area contributed by atoms with Crippen LogP contribution in [-0.4, -0.2) is 17.2 Å². The molecule has 9 heteroatoms. The first-order valence-corrected chi connectivity index (χ1v) is 8.74. The van der Waals surface area contributed by atoms with Gasteiger partial charge in [0, 0.05) is 22.7 Å². The number of hydrogen-bond acceptors (Lipinski definition) is 6. The number of thiazole rings is 1. The van der Waals surface area contributed by atoms with Crippen LogP contribution in [0.2, 0.25) is 0 Å². The Kier molecular flexibility index (Phi) is 4.36. The number of ether oxygens (including phenoxy) is 3. The SMILES string of the molecule is O=C(Nc1ccc2c(c1)OC(F)(F)O2)c1cccc(OCc2cscn2)c1. The van der Waals surface area contributed by atoms with Gasteiger partial charge in [0.15, 0.2) is 11.5 Å². The lowest BCUT2D eigenvalue weighted by Gasteiger charge is -2.08. The number of nitrogens with one attached hydrogen (secondary N) is 1. The van der Waals surface area contributed by atoms with E-state index in [0.29, 0.717) is 23.6 Å². The Balaban J connectivity index is 1.44. The van der Waals surface area contributed by atoms with E-state index in [1.165, 1.54) is 29.5 Å². The first-order chi connectivity index (χ1) is 13.0. The summed E-state index contributed by atoms with van der Waals surface area (Å²) in [6.45, 7) is 0.297. The number of carbonyl (C=O) groups excluding carboxylic acids is 1. The Morgan fingerprint density at radius 1 is 1.19 bits per heavy atom. The summed E-state index contributed by atoms with van der Waals surface area (Å²) in [5.74, 6) is -0.130. The van der Waals surface area contributed by atoms with Crippen LogP contribution in [0.1, 0.15) is 16.1 Å². The molecule has 0 bridgehead atoms. The van der Waals surface area contributed by atoms with Crippen molar-refractivity contribution >= 4 is 22.9 Å². The molecule has 0 saturated heterocycles. The number of nitrogens with zero attached hydrogens (tertiary/aromatic N) is 1. The number of amides is 1. The molecule has 0 saturated carbocycles. The maximum absolute atomic E-state index is 13.1. The maximum Gasteiger partial charge on any atom is 0.586 e. The number of aromatic nitrogens is 1. The average Bonchev–Trinajstić information content (AvgIpc) is 3.25. The van der Waals surface area contributed by atoms with Crippen molar-refractivity contribution in [3.8, 4) is 17.2 Å². The van der Waals surface area contributed by atoms with E-state index in [2.05, 4.69) is 19.8 Å². The Morgan fingerprint density at radius 2 is 2.04 bits per heavy atom. The van der Waals surface area contributed by atoms with E-state index in [9.17, 15) is 13.6 Å². The summed E-state index contributed by atoms with van der Waals surface area (Å²) in [6.07, 6.45) is -3.70. The largest absolute Gasteiger partial charge is 0.586 e. The lowest BCUT2D eigenvalue weighted by atomic mass is 10.2. The fourth-order valence-corrected chi connectivity index (χ4v) is 2.97. The standard InChI is InChI=1S/C18H12F2N2O4S/c19-18(20)25-15-5-4-12(7-16(15)26-18)22-17(23)11-2-1-3-14(6-11)24-8-13-9-27-10-21-13/h1-7,9-10H,8H2,(H,22,23). The van der Waals surface area contributed by atoms with Crippen molar-refractivity contribution in [2.75, 3.05) is 5.32 Å². The van der Waals surface area contributed by atoms with Crippen LogP contribution in [-0.2, 0) is 6.61 Å². The van der Waals surface area contributed by atoms with Gasteiger partial charge in [0.1, 0.15) is 12.4 Å². The second-order valence-corrected chi connectivity index (χ2v) is 6.30. The van der Waals surface area contributed by atoms with E-state index < -0.39 is 12.2 Å². The fraction of sp³-hybridized carbons (Fsp3) is 0.111. The summed E-state index contributed by atoms with van der Waals surface area (Å²) in [4.78, 5) is 16.6. The molecule has 4 rings (SSSR count). The third-order valence-electron chi connectivity index (χ3n) is 3.63. The quantitative estimate of drug-likeness (QED) is 0.704. The van der Waals surface area contributed by atoms with Gasteiger partial charge in [0.25, 0.3) is 5.91 Å². The van der Waals surface area contributed by atoms with Gasteiger partial charge in [-0.15, -0.1) is 20.1 Å². The molecule has 2 aromatic carbocycles. The topological polar surface area (TPSA) is 69.7 Å². The van der Waals surface area contributed by atoms with Gasteiger partial charge in [-0.1, -0.05) is 6.07 Å². The number of carbonyl (C=O) groups is 1. The minimum absolute atomic E-state index is 0.0876. The Hall–Kier alpha value is -3.20. The van der Waals surface area contributed by atoms with Crippen molar-refractivity contribution in [2.24, 2.45) is 0 Å². The van der Waals surface area contributed by atoms with E-state index in [4.69, 9.17) is 4.74 Å². The van der Waals surface area contributed by atoms with E-state index >= 15 is 0 Å². The lowest BCUT2D eigenvalue weighted by Crippen LogP contribution is -2.25. The van der Waals surface area contributed by atoms with Gasteiger partial charge in [-0.2, -0.15) is 0 Å². The molecule has 138 valence electrons. The summed E-state index contributed by atoms with van der Waals surface area (Å²) in [7, 11) is 0. The van der Waals surface area contributed by atoms with Gasteiger partial charge in [0.2, 0.25) is 0 Å². The molecule has 6 nitrogen and oxygen atoms in total. The van der Waals surface area contributed by atoms with Crippen molar-refractivity contribution in [1.82, 2.24) is 4.98 Å². The molecular weight excluding hydrogens is 378 g/mol. The predicted molar refractivity (Wildman–Crippen MR) is 93.5 cm³/mol. The van der Waals surface area contributed by atoms with Crippen molar-refractivity contribution in [1.29, 1.82) is 0 Å². The van der Waals surface area contributed by atoms with Crippen LogP contribution in [0.5, 0.6) is 17.2 Å². The molecule has 0 radical (unpaired) electrons. The van der Waals surface area contributed by atoms with Gasteiger partial charge in [0.05, 0.1) is 11.2 Å². The summed E-state index contributed by atoms with van der Waals surface area (Å²) in [6, 6.07) is 10.6. The van der Waals surface area contributed by atoms with Crippen molar-refractivity contribution < 1.29 is 27.8 Å². The molecule has 0 fully saturated rings. The Morgan fingerprint density at radius 3 is 2.85 bits per heavy atom. The minimum atomic E-state index is -3.70. The highest BCUT2D eigenvalue weighted by atomic mass is 32.1. The molecular formula is C18H12F2N2O4S. The van der Waals surface area contributed by atoms with Crippen molar-refractivity contribution in [3.05, 3.63) is 64.6 Å². The smallest absolute Gasteiger partial charge is 0.487 e. The summed E-state index contributed by atoms with van der Waals surface area (Å²) in [5, 5.41) is 4.50. The third kappa shape index (κ3) is 3.98. The summed E-state index contributed by atoms with van der Waals surface area (Å²) < 4.78 is 40.4. The Bertz CT molecular complexity index is 979. The van der Waals surface area contributed by atoms with Crippen LogP contribution in [0.4, 0.5) is 14.5 Å². The van der Waals surface area contributed by atoms with Crippen LogP contribution in [0.25, 0.3) is 0 Å². The molecule has 1 aliphatic rings. The number of alkyl halides is 2. The molecule has 1 aromatic heterocycles. The highest BCUT2D eigenvalue weighted by Crippen LogP contribution is 2.42. The van der Waals surface area contributed by atoms with E-state index in [1.807, 2.05) is 5.38 Å². The second-order valence-electron chi connectivity index (χ2n) is 5.58. The van der Waals surface area contributed by atoms with Crippen LogP contribution >= 0.6 is 11.3 Å². The number of rotatable bonds is 5. The molecule has 1 amide bonds. The molecule has 0 unspecified atom stereocenters. The monoisotopic (exact) mass is 390 g/mol. The highest BCUT2D eigenvalue weighted by Gasteiger charge is 2.43. The van der Waals surface area contributed by atoms with E-state index in [-0.39, 0.29) is 11.5 Å². The van der Waals surface area contributed by atoms with Gasteiger partial charge in [-0.25, -0.2) is 4.98 Å². The number of halogens is 2. The van der Waals surface area contributed by atoms with Crippen LogP contribution in [0.3, 0.4) is 0 Å². The molecule has 1 N–H and O–H groups in total. The second kappa shape index (κ2) is 6.84. The first-order valence-electron chi connectivity index (χ1n) is 7.80. The normalized spacial score (nSPS) is 14.0. The number of hydrogen-bond donors (Lipinski definition) is 1. The average molecular weight is 390 g/mol. The van der Waals surface area contributed by atoms with Crippen LogP contribution in [0.15, 0.2) is 53.4 Å². The van der Waals surface area contributed by atoms with Crippen LogP contribution in [0, 0.1) is 0 Å². The van der Waals surface area contributed by atoms with Gasteiger partial charge in [-0.05, 0) is 30.3 Å². The predicted octanol–water partition coefficient (Wildman–Crippen LogP) is 4.30. The van der Waals surface area contributed by atoms with E-state index in [1.54, 1.807) is 29.8 Å². The lowest BCUT2D eigenvalue weighted by molar-refractivity contribution is -0.286. The van der Waals surface area contributed by atoms with Gasteiger partial charge < -0.3 is 19.5 Å². The molecule has 3 aromatic rings. The molecule has 1 aliphatic heterocycles. The number of fused-ring (bicyclic) bond motifs is 1. The highest BCUT2D eigenvalue weighted by molar-refractivity contribution is 7.07. The van der Waals surface area contributed by atoms with Crippen LogP contribution < -0.4 is 19.5 Å². The zero-order valence-electron chi connectivity index (χ0n) is 13.6. The van der Waals surface area contributed by atoms with Gasteiger partial charge in [-0.3, -0.25) is 4.79 Å². The zero-order chi connectivity index (χ0) is 18.9. The first kappa shape index (κ1) is 17.2. The zero-order valence-corrected chi connectivity index (χ0v) is 14.5. The molecule has 2 heterocycles. The Labute approximate surface area is 156 Å². The molecule has 0 atom stereocenters. The molecule has 27 heavy (non-hydrogen) atoms. The van der Waals surface area contributed by atoms with Gasteiger partial charge >= 0.3 is 6.29 Å². The van der Waals surface area contributed by atoms with Crippen molar-refractivity contribution in [2.45, 2.75) is 12.9 Å². The van der Waals surface area contributed by atoms with E-state index in [0.717, 1.165) is 5.69 Å². The maximum atomic E-state index is 13.1. The number of benzene rings is 2. The van der Waals surface area contributed by atoms with Crippen molar-refractivity contribution in [3.63, 3.8) is 0 Å². The summed E-state index contributed by atoms with van der Waals surface area (Å²) in [5.41, 5.74) is 3.17. The third-order valence-corrected chi connectivity index (χ3v) is 4.26. The molecule has 0 spiro atoms. The fourth-order valence-electron chi connectivity index (χ4n) is 2.42. The molecule has 0 aliphatic carbocycles.